The number of urea groups is 1. The first-order valence-corrected chi connectivity index (χ1v) is 14.2. The Morgan fingerprint density at radius 2 is 1.62 bits per heavy atom. The Morgan fingerprint density at radius 3 is 2.38 bits per heavy atom. The number of methoxy groups -OCH3 is 2. The number of para-hydroxylation sites is 3. The molecule has 5 aromatic rings. The van der Waals surface area contributed by atoms with Crippen molar-refractivity contribution in [2.75, 3.05) is 36.7 Å². The molecule has 3 aromatic carbocycles. The largest absolute Gasteiger partial charge is 0.493 e. The maximum Gasteiger partial charge on any atom is 0.339 e. The van der Waals surface area contributed by atoms with Crippen molar-refractivity contribution in [3.8, 4) is 23.3 Å². The van der Waals surface area contributed by atoms with Crippen molar-refractivity contribution < 1.29 is 28.3 Å². The Morgan fingerprint density at radius 1 is 0.894 bits per heavy atom. The molecule has 240 valence electrons. The van der Waals surface area contributed by atoms with E-state index >= 15 is 0 Å². The number of thiocarbonyl (C=S) groups is 1. The summed E-state index contributed by atoms with van der Waals surface area (Å²) in [7, 11) is 3.11. The maximum atomic E-state index is 12.8. The van der Waals surface area contributed by atoms with Crippen LogP contribution in [-0.4, -0.2) is 51.8 Å². The minimum absolute atomic E-state index is 0.0544. The number of anilines is 3. The van der Waals surface area contributed by atoms with Gasteiger partial charge in [-0.1, -0.05) is 30.3 Å². The molecule has 0 radical (unpaired) electrons. The quantitative estimate of drug-likeness (QED) is 0.0647. The van der Waals surface area contributed by atoms with Gasteiger partial charge in [-0.15, -0.1) is 0 Å². The number of nitro groups is 1. The zero-order valence-corrected chi connectivity index (χ0v) is 25.6. The van der Waals surface area contributed by atoms with Gasteiger partial charge < -0.3 is 34.6 Å². The van der Waals surface area contributed by atoms with Crippen LogP contribution in [0.3, 0.4) is 0 Å². The predicted molar refractivity (Wildman–Crippen MR) is 176 cm³/mol. The second-order valence-electron chi connectivity index (χ2n) is 9.47. The number of rotatable bonds is 11. The molecule has 0 bridgehead atoms. The van der Waals surface area contributed by atoms with E-state index in [2.05, 4.69) is 36.2 Å². The van der Waals surface area contributed by atoms with Crippen LogP contribution >= 0.6 is 12.2 Å². The van der Waals surface area contributed by atoms with E-state index in [0.29, 0.717) is 29.9 Å². The summed E-state index contributed by atoms with van der Waals surface area (Å²) in [5, 5.41) is 22.6. The third-order valence-electron chi connectivity index (χ3n) is 6.37. The Hall–Kier alpha value is -6.36. The molecule has 2 amide bonds. The molecule has 0 atom stereocenters. The fraction of sp³-hybridized carbons (Fsp3) is 0.133. The Kier molecular flexibility index (Phi) is 9.96. The van der Waals surface area contributed by atoms with E-state index in [1.165, 1.54) is 24.3 Å². The molecule has 0 saturated carbocycles. The molecule has 0 aliphatic heterocycles. The molecule has 2 heterocycles. The molecule has 5 rings (SSSR count). The Labute approximate surface area is 271 Å². The standard InChI is InChI=1S/C30H26N8O8S/c1-43-22-12-11-17(15-24(22)44-2)13-14-31-30(47)37-27-33-26(34-28(40)32-19-8-4-5-9-20(19)38(41)42)35-29(36-27)46-23-16-25(39)45-21-10-6-3-7-18(21)23/h3-12,15-16H,13-14H2,1-2H3,(H4,31,32,33,34,35,36,37,40,47). The average Bonchev–Trinajstić information content (AvgIpc) is 3.04. The SMILES string of the molecule is COc1ccc(CCNC(=S)Nc2nc(NC(=O)Nc3ccccc3[N+](=O)[O-])nc(Oc3cc(=O)oc4ccccc34)n2)cc1OC. The van der Waals surface area contributed by atoms with Crippen LogP contribution < -0.4 is 41.1 Å². The molecule has 4 N–H and O–H groups in total. The minimum Gasteiger partial charge on any atom is -0.493 e. The Bertz CT molecular complexity index is 2020. The van der Waals surface area contributed by atoms with E-state index in [1.807, 2.05) is 12.1 Å². The van der Waals surface area contributed by atoms with Gasteiger partial charge in [0.2, 0.25) is 11.9 Å². The van der Waals surface area contributed by atoms with Crippen molar-refractivity contribution >= 4 is 57.6 Å². The topological polar surface area (TPSA) is 205 Å². The van der Waals surface area contributed by atoms with E-state index < -0.39 is 16.6 Å². The third-order valence-corrected chi connectivity index (χ3v) is 6.62. The van der Waals surface area contributed by atoms with Crippen LogP contribution in [0.4, 0.5) is 28.1 Å². The van der Waals surface area contributed by atoms with Crippen molar-refractivity contribution in [2.45, 2.75) is 6.42 Å². The molecular formula is C30H26N8O8S. The van der Waals surface area contributed by atoms with Crippen LogP contribution in [0.15, 0.2) is 82.0 Å². The van der Waals surface area contributed by atoms with Gasteiger partial charge in [-0.05, 0) is 54.5 Å². The summed E-state index contributed by atoms with van der Waals surface area (Å²) in [6.45, 7) is 0.422. The van der Waals surface area contributed by atoms with E-state index in [1.54, 1.807) is 44.6 Å². The highest BCUT2D eigenvalue weighted by molar-refractivity contribution is 7.80. The summed E-state index contributed by atoms with van der Waals surface area (Å²) in [5.41, 5.74) is 0.187. The maximum absolute atomic E-state index is 12.8. The first-order chi connectivity index (χ1) is 22.7. The van der Waals surface area contributed by atoms with E-state index in [-0.39, 0.29) is 45.7 Å². The summed E-state index contributed by atoms with van der Waals surface area (Å²) in [4.78, 5) is 48.3. The van der Waals surface area contributed by atoms with Gasteiger partial charge in [-0.3, -0.25) is 15.4 Å². The van der Waals surface area contributed by atoms with Gasteiger partial charge in [0.25, 0.3) is 5.69 Å². The number of carbonyl (C=O) groups excluding carboxylic acids is 1. The lowest BCUT2D eigenvalue weighted by atomic mass is 10.1. The number of nitrogens with one attached hydrogen (secondary N) is 4. The van der Waals surface area contributed by atoms with E-state index in [4.69, 9.17) is 30.8 Å². The van der Waals surface area contributed by atoms with Crippen LogP contribution in [0.1, 0.15) is 5.56 Å². The Balaban J connectivity index is 1.35. The van der Waals surface area contributed by atoms with Crippen molar-refractivity contribution in [3.63, 3.8) is 0 Å². The summed E-state index contributed by atoms with van der Waals surface area (Å²) in [6.07, 6.45) is 0.579. The lowest BCUT2D eigenvalue weighted by molar-refractivity contribution is -0.383. The van der Waals surface area contributed by atoms with Gasteiger partial charge in [0.1, 0.15) is 17.0 Å². The molecule has 17 heteroatoms. The zero-order chi connectivity index (χ0) is 33.3. The first-order valence-electron chi connectivity index (χ1n) is 13.8. The number of ether oxygens (including phenoxy) is 3. The lowest BCUT2D eigenvalue weighted by Gasteiger charge is -2.13. The van der Waals surface area contributed by atoms with Crippen molar-refractivity contribution in [2.24, 2.45) is 0 Å². The average molecular weight is 659 g/mol. The first kappa shape index (κ1) is 32.0. The molecule has 0 saturated heterocycles. The number of nitro benzene ring substituents is 1. The van der Waals surface area contributed by atoms with Crippen LogP contribution in [0, 0.1) is 10.1 Å². The van der Waals surface area contributed by atoms with Gasteiger partial charge in [-0.2, -0.15) is 15.0 Å². The highest BCUT2D eigenvalue weighted by Gasteiger charge is 2.18. The van der Waals surface area contributed by atoms with Crippen LogP contribution in [0.5, 0.6) is 23.3 Å². The summed E-state index contributed by atoms with van der Waals surface area (Å²) in [6, 6.07) is 17.8. The van der Waals surface area contributed by atoms with Crippen LogP contribution in [0.2, 0.25) is 0 Å². The summed E-state index contributed by atoms with van der Waals surface area (Å²) >= 11 is 5.42. The van der Waals surface area contributed by atoms with Crippen LogP contribution in [-0.2, 0) is 6.42 Å². The zero-order valence-electron chi connectivity index (χ0n) is 24.8. The molecule has 0 aliphatic rings. The number of benzene rings is 3. The molecular weight excluding hydrogens is 632 g/mol. The number of fused-ring (bicyclic) bond motifs is 1. The fourth-order valence-electron chi connectivity index (χ4n) is 4.27. The number of hydrogen-bond acceptors (Lipinski definition) is 12. The molecule has 0 unspecified atom stereocenters. The predicted octanol–water partition coefficient (Wildman–Crippen LogP) is 4.87. The molecule has 0 spiro atoms. The highest BCUT2D eigenvalue weighted by Crippen LogP contribution is 2.29. The second kappa shape index (κ2) is 14.6. The minimum atomic E-state index is -0.885. The summed E-state index contributed by atoms with van der Waals surface area (Å²) < 4.78 is 21.7. The van der Waals surface area contributed by atoms with Gasteiger partial charge in [-0.25, -0.2) is 9.59 Å². The number of carbonyl (C=O) groups is 1. The van der Waals surface area contributed by atoms with Gasteiger partial charge >= 0.3 is 17.7 Å². The number of nitrogens with zero attached hydrogens (tertiary/aromatic N) is 4. The second-order valence-corrected chi connectivity index (χ2v) is 9.87. The third kappa shape index (κ3) is 8.22. The molecule has 2 aromatic heterocycles. The van der Waals surface area contributed by atoms with Crippen molar-refractivity contribution in [3.05, 3.63) is 98.9 Å². The summed E-state index contributed by atoms with van der Waals surface area (Å²) in [5.74, 6) is 0.873. The van der Waals surface area contributed by atoms with Crippen molar-refractivity contribution in [1.29, 1.82) is 0 Å². The molecule has 16 nitrogen and oxygen atoms in total. The van der Waals surface area contributed by atoms with Gasteiger partial charge in [0.05, 0.1) is 30.6 Å². The number of amides is 2. The fourth-order valence-corrected chi connectivity index (χ4v) is 4.47. The monoisotopic (exact) mass is 658 g/mol. The van der Waals surface area contributed by atoms with Crippen molar-refractivity contribution in [1.82, 2.24) is 20.3 Å². The van der Waals surface area contributed by atoms with Gasteiger partial charge in [0, 0.05) is 12.6 Å². The normalized spacial score (nSPS) is 10.5. The van der Waals surface area contributed by atoms with Gasteiger partial charge in [0.15, 0.2) is 16.6 Å². The lowest BCUT2D eigenvalue weighted by Crippen LogP contribution is -2.31. The number of aromatic nitrogens is 3. The van der Waals surface area contributed by atoms with E-state index in [0.717, 1.165) is 11.6 Å². The highest BCUT2D eigenvalue weighted by atomic mass is 32.1. The number of hydrogen-bond donors (Lipinski definition) is 4. The molecule has 47 heavy (non-hydrogen) atoms. The molecule has 0 fully saturated rings. The smallest absolute Gasteiger partial charge is 0.339 e. The molecule has 0 aliphatic carbocycles. The van der Waals surface area contributed by atoms with Crippen LogP contribution in [0.25, 0.3) is 11.0 Å². The van der Waals surface area contributed by atoms with E-state index in [9.17, 15) is 19.7 Å².